The Bertz CT molecular complexity index is 814. The summed E-state index contributed by atoms with van der Waals surface area (Å²) in [6.45, 7) is 4.07. The van der Waals surface area contributed by atoms with Crippen molar-refractivity contribution in [3.63, 3.8) is 0 Å². The minimum absolute atomic E-state index is 0.0419. The van der Waals surface area contributed by atoms with Crippen LogP contribution in [0.4, 0.5) is 0 Å². The molecule has 3 saturated heterocycles. The normalized spacial score (nSPS) is 25.1. The van der Waals surface area contributed by atoms with Crippen LogP contribution in [0.1, 0.15) is 59.8 Å². The number of rotatable bonds is 6. The monoisotopic (exact) mass is 379 g/mol. The molecule has 5 nitrogen and oxygen atoms in total. The van der Waals surface area contributed by atoms with E-state index < -0.39 is 0 Å². The second-order valence-corrected chi connectivity index (χ2v) is 8.79. The summed E-state index contributed by atoms with van der Waals surface area (Å²) in [6, 6.07) is 12.9. The van der Waals surface area contributed by atoms with Crippen LogP contribution in [0.15, 0.2) is 40.9 Å². The molecule has 1 saturated carbocycles. The molecule has 28 heavy (non-hydrogen) atoms. The number of carbonyl (C=O) groups is 1. The third kappa shape index (κ3) is 3.86. The molecule has 4 heterocycles. The standard InChI is InChI=1S/C23H29N3O2/c27-23(22-13-21(24-28-22)19-9-10-19)26-15-18-8-11-20(26)16-25(14-18)12-4-7-17-5-2-1-3-6-17/h1-3,5-6,13,18-20H,4,7-12,14-16H2/t18-,20+/m0/s1. The Balaban J connectivity index is 1.20. The molecule has 0 unspecified atom stereocenters. The largest absolute Gasteiger partial charge is 0.351 e. The van der Waals surface area contributed by atoms with Crippen molar-refractivity contribution in [1.29, 1.82) is 0 Å². The molecule has 3 aliphatic heterocycles. The first-order valence-electron chi connectivity index (χ1n) is 10.8. The van der Waals surface area contributed by atoms with E-state index in [1.807, 2.05) is 6.07 Å². The second kappa shape index (κ2) is 7.70. The van der Waals surface area contributed by atoms with E-state index in [2.05, 4.69) is 45.3 Å². The molecule has 0 radical (unpaired) electrons. The van der Waals surface area contributed by atoms with Crippen molar-refractivity contribution in [1.82, 2.24) is 15.0 Å². The quantitative estimate of drug-likeness (QED) is 0.768. The summed E-state index contributed by atoms with van der Waals surface area (Å²) in [6.07, 6.45) is 6.98. The summed E-state index contributed by atoms with van der Waals surface area (Å²) in [5.74, 6) is 1.57. The van der Waals surface area contributed by atoms with Gasteiger partial charge in [-0.05, 0) is 56.6 Å². The number of aromatic nitrogens is 1. The van der Waals surface area contributed by atoms with Crippen LogP contribution in [0, 0.1) is 5.92 Å². The first kappa shape index (κ1) is 17.9. The number of carbonyl (C=O) groups excluding carboxylic acids is 1. The zero-order valence-electron chi connectivity index (χ0n) is 16.4. The van der Waals surface area contributed by atoms with Crippen LogP contribution >= 0.6 is 0 Å². The number of fused-ring (bicyclic) bond motifs is 4. The lowest BCUT2D eigenvalue weighted by atomic mass is 9.95. The Morgan fingerprint density at radius 1 is 1.07 bits per heavy atom. The van der Waals surface area contributed by atoms with Gasteiger partial charge in [0.25, 0.3) is 5.91 Å². The van der Waals surface area contributed by atoms with E-state index in [0.29, 0.717) is 23.6 Å². The average molecular weight is 380 g/mol. The van der Waals surface area contributed by atoms with Gasteiger partial charge in [-0.3, -0.25) is 4.79 Å². The molecule has 1 aromatic heterocycles. The highest BCUT2D eigenvalue weighted by molar-refractivity contribution is 5.91. The Hall–Kier alpha value is -2.14. The smallest absolute Gasteiger partial charge is 0.292 e. The summed E-state index contributed by atoms with van der Waals surface area (Å²) in [5.41, 5.74) is 2.37. The van der Waals surface area contributed by atoms with Crippen molar-refractivity contribution in [3.05, 3.63) is 53.4 Å². The Kier molecular flexibility index (Phi) is 4.93. The highest BCUT2D eigenvalue weighted by atomic mass is 16.5. The van der Waals surface area contributed by atoms with Crippen molar-refractivity contribution < 1.29 is 9.32 Å². The third-order valence-electron chi connectivity index (χ3n) is 6.57. The van der Waals surface area contributed by atoms with E-state index in [9.17, 15) is 4.79 Å². The maximum Gasteiger partial charge on any atom is 0.292 e. The number of benzene rings is 1. The molecule has 2 aromatic rings. The van der Waals surface area contributed by atoms with E-state index in [4.69, 9.17) is 4.52 Å². The van der Waals surface area contributed by atoms with E-state index in [0.717, 1.165) is 44.7 Å². The molecule has 148 valence electrons. The lowest BCUT2D eigenvalue weighted by Gasteiger charge is -2.35. The summed E-state index contributed by atoms with van der Waals surface area (Å²) in [7, 11) is 0. The van der Waals surface area contributed by atoms with Crippen molar-refractivity contribution in [2.75, 3.05) is 26.2 Å². The molecule has 2 bridgehead atoms. The molecular formula is C23H29N3O2. The van der Waals surface area contributed by atoms with Gasteiger partial charge in [-0.15, -0.1) is 0 Å². The highest BCUT2D eigenvalue weighted by Gasteiger charge is 2.39. The molecular weight excluding hydrogens is 350 g/mol. The predicted octanol–water partition coefficient (Wildman–Crippen LogP) is 3.72. The van der Waals surface area contributed by atoms with Gasteiger partial charge >= 0.3 is 0 Å². The fourth-order valence-corrected chi connectivity index (χ4v) is 4.86. The van der Waals surface area contributed by atoms with Crippen LogP contribution in [0.2, 0.25) is 0 Å². The first-order valence-corrected chi connectivity index (χ1v) is 10.8. The van der Waals surface area contributed by atoms with Crippen molar-refractivity contribution >= 4 is 5.91 Å². The van der Waals surface area contributed by atoms with Gasteiger partial charge in [-0.25, -0.2) is 0 Å². The van der Waals surface area contributed by atoms with Gasteiger partial charge < -0.3 is 14.3 Å². The number of hydrogen-bond donors (Lipinski definition) is 0. The van der Waals surface area contributed by atoms with E-state index in [-0.39, 0.29) is 5.91 Å². The Morgan fingerprint density at radius 2 is 1.93 bits per heavy atom. The van der Waals surface area contributed by atoms with Crippen molar-refractivity contribution in [2.24, 2.45) is 5.92 Å². The zero-order chi connectivity index (χ0) is 18.9. The topological polar surface area (TPSA) is 49.6 Å². The van der Waals surface area contributed by atoms with Crippen LogP contribution in [-0.2, 0) is 6.42 Å². The maximum absolute atomic E-state index is 13.1. The van der Waals surface area contributed by atoms with Crippen LogP contribution in [-0.4, -0.2) is 53.1 Å². The number of aryl methyl sites for hydroxylation is 1. The molecule has 0 spiro atoms. The van der Waals surface area contributed by atoms with Crippen LogP contribution in [0.25, 0.3) is 0 Å². The third-order valence-corrected chi connectivity index (χ3v) is 6.57. The fraction of sp³-hybridized carbons (Fsp3) is 0.565. The van der Waals surface area contributed by atoms with Gasteiger partial charge in [-0.2, -0.15) is 0 Å². The molecule has 1 aliphatic carbocycles. The number of amides is 1. The molecule has 1 aromatic carbocycles. The summed E-state index contributed by atoms with van der Waals surface area (Å²) >= 11 is 0. The summed E-state index contributed by atoms with van der Waals surface area (Å²) in [4.78, 5) is 17.7. The second-order valence-electron chi connectivity index (χ2n) is 8.79. The molecule has 6 rings (SSSR count). The van der Waals surface area contributed by atoms with E-state index in [1.165, 1.54) is 31.2 Å². The molecule has 5 heteroatoms. The SMILES string of the molecule is O=C(c1cc(C2CC2)no1)N1C[C@H]2CC[C@@H]1CN(CCCc1ccccc1)C2. The Morgan fingerprint density at radius 3 is 2.75 bits per heavy atom. The van der Waals surface area contributed by atoms with Crippen molar-refractivity contribution in [2.45, 2.75) is 50.5 Å². The lowest BCUT2D eigenvalue weighted by Crippen LogP contribution is -2.47. The molecule has 2 atom stereocenters. The summed E-state index contributed by atoms with van der Waals surface area (Å²) < 4.78 is 5.42. The number of nitrogens with zero attached hydrogens (tertiary/aromatic N) is 3. The van der Waals surface area contributed by atoms with Gasteiger partial charge in [-0.1, -0.05) is 35.5 Å². The van der Waals surface area contributed by atoms with Crippen molar-refractivity contribution in [3.8, 4) is 0 Å². The van der Waals surface area contributed by atoms with Gasteiger partial charge in [0.1, 0.15) is 0 Å². The van der Waals surface area contributed by atoms with E-state index >= 15 is 0 Å². The predicted molar refractivity (Wildman–Crippen MR) is 107 cm³/mol. The van der Waals surface area contributed by atoms with Gasteiger partial charge in [0.15, 0.2) is 0 Å². The van der Waals surface area contributed by atoms with Crippen LogP contribution in [0.3, 0.4) is 0 Å². The summed E-state index contributed by atoms with van der Waals surface area (Å²) in [5, 5.41) is 4.13. The van der Waals surface area contributed by atoms with Gasteiger partial charge in [0.2, 0.25) is 5.76 Å². The minimum atomic E-state index is 0.0419. The highest BCUT2D eigenvalue weighted by Crippen LogP contribution is 2.39. The molecule has 0 N–H and O–H groups in total. The fourth-order valence-electron chi connectivity index (χ4n) is 4.86. The molecule has 4 fully saturated rings. The number of piperidine rings is 1. The van der Waals surface area contributed by atoms with E-state index in [1.54, 1.807) is 0 Å². The molecule has 1 amide bonds. The minimum Gasteiger partial charge on any atom is -0.351 e. The average Bonchev–Trinajstić information content (AvgIpc) is 3.51. The van der Waals surface area contributed by atoms with Crippen LogP contribution in [0.5, 0.6) is 0 Å². The van der Waals surface area contributed by atoms with Crippen LogP contribution < -0.4 is 0 Å². The maximum atomic E-state index is 13.1. The number of hydrogen-bond acceptors (Lipinski definition) is 4. The van der Waals surface area contributed by atoms with Gasteiger partial charge in [0, 0.05) is 37.7 Å². The first-order chi connectivity index (χ1) is 13.8. The van der Waals surface area contributed by atoms with Gasteiger partial charge in [0.05, 0.1) is 5.69 Å². The zero-order valence-corrected chi connectivity index (χ0v) is 16.4. The lowest BCUT2D eigenvalue weighted by molar-refractivity contribution is 0.0543. The Labute approximate surface area is 166 Å². The molecule has 4 aliphatic rings.